The van der Waals surface area contributed by atoms with E-state index in [0.29, 0.717) is 5.92 Å². The number of rotatable bonds is 3. The molecule has 1 unspecified atom stereocenters. The SMILES string of the molecule is C[C@@H](c1ccc(C(F)(F)F)cc1)N1CCC(C2CC(Br)=NO2)CC1. The minimum absolute atomic E-state index is 0.112. The van der Waals surface area contributed by atoms with Crippen LogP contribution < -0.4 is 0 Å². The monoisotopic (exact) mass is 404 g/mol. The number of alkyl halides is 3. The highest BCUT2D eigenvalue weighted by Gasteiger charge is 2.33. The van der Waals surface area contributed by atoms with E-state index in [1.165, 1.54) is 12.1 Å². The van der Waals surface area contributed by atoms with Crippen molar-refractivity contribution in [3.05, 3.63) is 35.4 Å². The summed E-state index contributed by atoms with van der Waals surface area (Å²) in [6.45, 7) is 3.89. The van der Waals surface area contributed by atoms with E-state index in [-0.39, 0.29) is 12.1 Å². The van der Waals surface area contributed by atoms with Crippen LogP contribution in [0.15, 0.2) is 29.4 Å². The Bertz CT molecular complexity index is 595. The summed E-state index contributed by atoms with van der Waals surface area (Å²) in [5.74, 6) is 0.486. The number of oxime groups is 1. The largest absolute Gasteiger partial charge is 0.416 e. The molecular weight excluding hydrogens is 385 g/mol. The van der Waals surface area contributed by atoms with Crippen molar-refractivity contribution in [1.29, 1.82) is 0 Å². The Hall–Kier alpha value is -1.08. The summed E-state index contributed by atoms with van der Waals surface area (Å²) in [5, 5.41) is 3.95. The number of halogens is 4. The fraction of sp³-hybridized carbons (Fsp3) is 0.588. The molecule has 0 bridgehead atoms. The average Bonchev–Trinajstić information content (AvgIpc) is 3.00. The summed E-state index contributed by atoms with van der Waals surface area (Å²) in [6, 6.07) is 5.62. The van der Waals surface area contributed by atoms with Crippen molar-refractivity contribution in [2.45, 2.75) is 44.5 Å². The molecule has 2 aliphatic heterocycles. The van der Waals surface area contributed by atoms with Gasteiger partial charge in [-0.25, -0.2) is 0 Å². The second kappa shape index (κ2) is 7.04. The third-order valence-corrected chi connectivity index (χ3v) is 5.49. The standard InChI is InChI=1S/C17H20BrF3N2O/c1-11(12-2-4-14(5-3-12)17(19,20)21)23-8-6-13(7-9-23)15-10-16(18)22-24-15/h2-5,11,13,15H,6-10H2,1H3/t11-,15?/m0/s1. The molecule has 1 aromatic rings. The molecule has 24 heavy (non-hydrogen) atoms. The molecule has 1 aromatic carbocycles. The topological polar surface area (TPSA) is 24.8 Å². The molecule has 7 heteroatoms. The lowest BCUT2D eigenvalue weighted by atomic mass is 9.89. The molecule has 0 N–H and O–H groups in total. The predicted octanol–water partition coefficient (Wildman–Crippen LogP) is 4.98. The number of likely N-dealkylation sites (tertiary alicyclic amines) is 1. The normalized spacial score (nSPS) is 24.5. The zero-order valence-electron chi connectivity index (χ0n) is 13.4. The van der Waals surface area contributed by atoms with Crippen molar-refractivity contribution in [2.75, 3.05) is 13.1 Å². The molecule has 0 amide bonds. The number of piperidine rings is 1. The van der Waals surface area contributed by atoms with Crippen molar-refractivity contribution < 1.29 is 18.0 Å². The van der Waals surface area contributed by atoms with Gasteiger partial charge in [-0.15, -0.1) is 0 Å². The van der Waals surface area contributed by atoms with Crippen LogP contribution in [0.4, 0.5) is 13.2 Å². The first kappa shape index (κ1) is 17.7. The summed E-state index contributed by atoms with van der Waals surface area (Å²) >= 11 is 3.37. The highest BCUT2D eigenvalue weighted by atomic mass is 79.9. The predicted molar refractivity (Wildman–Crippen MR) is 90.0 cm³/mol. The van der Waals surface area contributed by atoms with Gasteiger partial charge in [0, 0.05) is 18.4 Å². The Morgan fingerprint density at radius 1 is 1.21 bits per heavy atom. The first-order valence-electron chi connectivity index (χ1n) is 8.14. The van der Waals surface area contributed by atoms with Crippen LogP contribution in [0, 0.1) is 5.92 Å². The fourth-order valence-corrected chi connectivity index (χ4v) is 3.86. The molecule has 2 aliphatic rings. The number of nitrogens with zero attached hydrogens (tertiary/aromatic N) is 2. The molecule has 2 heterocycles. The molecule has 0 aromatic heterocycles. The number of benzene rings is 1. The van der Waals surface area contributed by atoms with Crippen LogP contribution in [0.3, 0.4) is 0 Å². The van der Waals surface area contributed by atoms with Gasteiger partial charge in [-0.2, -0.15) is 13.2 Å². The van der Waals surface area contributed by atoms with Gasteiger partial charge in [0.05, 0.1) is 5.56 Å². The van der Waals surface area contributed by atoms with Crippen LogP contribution in [-0.4, -0.2) is 28.7 Å². The molecule has 3 rings (SSSR count). The lowest BCUT2D eigenvalue weighted by Crippen LogP contribution is -2.39. The lowest BCUT2D eigenvalue weighted by Gasteiger charge is -2.37. The van der Waals surface area contributed by atoms with Crippen LogP contribution in [0.1, 0.15) is 43.4 Å². The minimum Gasteiger partial charge on any atom is -0.391 e. The Morgan fingerprint density at radius 2 is 1.83 bits per heavy atom. The van der Waals surface area contributed by atoms with E-state index in [0.717, 1.165) is 42.5 Å². The first-order chi connectivity index (χ1) is 11.3. The minimum atomic E-state index is -4.28. The summed E-state index contributed by atoms with van der Waals surface area (Å²) < 4.78 is 38.8. The Kier molecular flexibility index (Phi) is 5.20. The Labute approximate surface area is 148 Å². The molecule has 3 nitrogen and oxygen atoms in total. The van der Waals surface area contributed by atoms with Gasteiger partial charge in [0.2, 0.25) is 0 Å². The van der Waals surface area contributed by atoms with Gasteiger partial charge in [0.25, 0.3) is 0 Å². The van der Waals surface area contributed by atoms with E-state index in [2.05, 4.69) is 32.9 Å². The van der Waals surface area contributed by atoms with Gasteiger partial charge in [-0.3, -0.25) is 4.90 Å². The van der Waals surface area contributed by atoms with Crippen molar-refractivity contribution in [3.63, 3.8) is 0 Å². The molecule has 2 atom stereocenters. The Morgan fingerprint density at radius 3 is 2.33 bits per heavy atom. The maximum absolute atomic E-state index is 12.7. The van der Waals surface area contributed by atoms with E-state index < -0.39 is 11.7 Å². The molecule has 1 saturated heterocycles. The number of hydrogen-bond donors (Lipinski definition) is 0. The quantitative estimate of drug-likeness (QED) is 0.709. The molecule has 0 spiro atoms. The summed E-state index contributed by atoms with van der Waals surface area (Å²) in [7, 11) is 0. The second-order valence-corrected chi connectivity index (χ2v) is 7.40. The summed E-state index contributed by atoms with van der Waals surface area (Å²) in [4.78, 5) is 7.77. The Balaban J connectivity index is 1.56. The molecular formula is C17H20BrF3N2O. The third-order valence-electron chi connectivity index (χ3n) is 5.02. The van der Waals surface area contributed by atoms with Crippen LogP contribution in [-0.2, 0) is 11.0 Å². The third kappa shape index (κ3) is 3.94. The zero-order chi connectivity index (χ0) is 17.3. The van der Waals surface area contributed by atoms with Gasteiger partial charge in [-0.05, 0) is 66.5 Å². The molecule has 0 saturated carbocycles. The average molecular weight is 405 g/mol. The summed E-state index contributed by atoms with van der Waals surface area (Å²) in [5.41, 5.74) is 0.325. The van der Waals surface area contributed by atoms with Gasteiger partial charge in [-0.1, -0.05) is 17.3 Å². The first-order valence-corrected chi connectivity index (χ1v) is 8.93. The maximum Gasteiger partial charge on any atom is 0.416 e. The van der Waals surface area contributed by atoms with E-state index >= 15 is 0 Å². The summed E-state index contributed by atoms with van der Waals surface area (Å²) in [6.07, 6.45) is -1.25. The van der Waals surface area contributed by atoms with E-state index in [1.807, 2.05) is 0 Å². The molecule has 1 fully saturated rings. The van der Waals surface area contributed by atoms with Crippen molar-refractivity contribution in [3.8, 4) is 0 Å². The van der Waals surface area contributed by atoms with E-state index in [4.69, 9.17) is 4.84 Å². The van der Waals surface area contributed by atoms with E-state index in [9.17, 15) is 13.2 Å². The molecule has 132 valence electrons. The van der Waals surface area contributed by atoms with Gasteiger partial charge in [0.1, 0.15) is 10.7 Å². The second-order valence-electron chi connectivity index (χ2n) is 6.48. The van der Waals surface area contributed by atoms with Crippen LogP contribution in [0.2, 0.25) is 0 Å². The van der Waals surface area contributed by atoms with Gasteiger partial charge < -0.3 is 4.84 Å². The maximum atomic E-state index is 12.7. The van der Waals surface area contributed by atoms with Crippen LogP contribution in [0.25, 0.3) is 0 Å². The molecule has 0 aliphatic carbocycles. The highest BCUT2D eigenvalue weighted by Crippen LogP contribution is 2.34. The van der Waals surface area contributed by atoms with Crippen molar-refractivity contribution in [1.82, 2.24) is 4.90 Å². The van der Waals surface area contributed by atoms with Crippen molar-refractivity contribution in [2.24, 2.45) is 11.1 Å². The van der Waals surface area contributed by atoms with Gasteiger partial charge in [0.15, 0.2) is 0 Å². The highest BCUT2D eigenvalue weighted by molar-refractivity contribution is 9.18. The van der Waals surface area contributed by atoms with E-state index in [1.54, 1.807) is 12.1 Å². The lowest BCUT2D eigenvalue weighted by molar-refractivity contribution is -0.137. The molecule has 0 radical (unpaired) electrons. The van der Waals surface area contributed by atoms with Crippen LogP contribution in [0.5, 0.6) is 0 Å². The number of hydrogen-bond acceptors (Lipinski definition) is 3. The smallest absolute Gasteiger partial charge is 0.391 e. The fourth-order valence-electron chi connectivity index (χ4n) is 3.46. The zero-order valence-corrected chi connectivity index (χ0v) is 15.0. The van der Waals surface area contributed by atoms with Gasteiger partial charge >= 0.3 is 6.18 Å². The van der Waals surface area contributed by atoms with Crippen LogP contribution >= 0.6 is 15.9 Å². The van der Waals surface area contributed by atoms with Crippen molar-refractivity contribution >= 4 is 20.6 Å².